The van der Waals surface area contributed by atoms with Gasteiger partial charge in [-0.2, -0.15) is 5.10 Å². The molecule has 0 aromatic heterocycles. The van der Waals surface area contributed by atoms with Crippen LogP contribution in [0.3, 0.4) is 0 Å². The van der Waals surface area contributed by atoms with Crippen molar-refractivity contribution in [1.29, 1.82) is 0 Å². The minimum atomic E-state index is -3.06. The molecule has 0 amide bonds. The van der Waals surface area contributed by atoms with E-state index in [0.717, 1.165) is 0 Å². The van der Waals surface area contributed by atoms with Crippen molar-refractivity contribution < 1.29 is 13.6 Å². The average Bonchev–Trinajstić information content (AvgIpc) is 2.18. The zero-order valence-corrected chi connectivity index (χ0v) is 11.7. The monoisotopic (exact) mass is 250 g/mol. The number of rotatable bonds is 8. The molecule has 0 rings (SSSR count). The molecule has 16 heavy (non-hydrogen) atoms. The van der Waals surface area contributed by atoms with Crippen molar-refractivity contribution in [3.05, 3.63) is 0 Å². The minimum absolute atomic E-state index is 0.283. The molecular weight excluding hydrogens is 227 g/mol. The number of hydrogen-bond acceptors (Lipinski definition) is 5. The largest absolute Gasteiger partial charge is 0.339 e. The fraction of sp³-hybridized carbons (Fsp3) is 0.900. The van der Waals surface area contributed by atoms with Crippen LogP contribution in [0.5, 0.6) is 0 Å². The molecule has 6 heteroatoms. The van der Waals surface area contributed by atoms with Gasteiger partial charge in [0.1, 0.15) is 0 Å². The second kappa shape index (κ2) is 7.82. The summed E-state index contributed by atoms with van der Waals surface area (Å²) in [5.41, 5.74) is -0.283. The van der Waals surface area contributed by atoms with Crippen molar-refractivity contribution in [2.75, 3.05) is 27.3 Å². The van der Waals surface area contributed by atoms with E-state index < -0.39 is 7.60 Å². The Kier molecular flexibility index (Phi) is 7.64. The summed E-state index contributed by atoms with van der Waals surface area (Å²) >= 11 is 0. The van der Waals surface area contributed by atoms with Crippen LogP contribution in [0.2, 0.25) is 0 Å². The molecule has 0 aliphatic heterocycles. The Balaban J connectivity index is 4.77. The van der Waals surface area contributed by atoms with Gasteiger partial charge in [0.05, 0.1) is 18.9 Å². The van der Waals surface area contributed by atoms with Gasteiger partial charge in [-0.3, -0.25) is 4.57 Å². The van der Waals surface area contributed by atoms with Gasteiger partial charge < -0.3 is 14.1 Å². The molecule has 0 N–H and O–H groups in total. The molecule has 0 spiro atoms. The van der Waals surface area contributed by atoms with Crippen molar-refractivity contribution in [3.63, 3.8) is 0 Å². The molecule has 1 unspecified atom stereocenters. The van der Waals surface area contributed by atoms with Gasteiger partial charge in [0, 0.05) is 20.3 Å². The second-order valence-electron chi connectivity index (χ2n) is 3.46. The summed E-state index contributed by atoms with van der Waals surface area (Å²) < 4.78 is 23.0. The summed E-state index contributed by atoms with van der Waals surface area (Å²) in [6.07, 6.45) is 2.32. The van der Waals surface area contributed by atoms with Crippen LogP contribution >= 0.6 is 7.60 Å². The number of hydrogen-bond donors (Lipinski definition) is 0. The van der Waals surface area contributed by atoms with Gasteiger partial charge in [0.25, 0.3) is 0 Å². The molecule has 0 fully saturated rings. The number of nitrogens with zero attached hydrogens (tertiary/aromatic N) is 2. The van der Waals surface area contributed by atoms with Crippen molar-refractivity contribution in [2.45, 2.75) is 32.9 Å². The maximum absolute atomic E-state index is 12.4. The maximum Gasteiger partial charge on any atom is 0.339 e. The van der Waals surface area contributed by atoms with E-state index in [1.807, 2.05) is 34.9 Å². The quantitative estimate of drug-likeness (QED) is 0.377. The van der Waals surface area contributed by atoms with Crippen LogP contribution in [0.25, 0.3) is 0 Å². The van der Waals surface area contributed by atoms with Crippen molar-refractivity contribution >= 4 is 13.8 Å². The molecule has 0 aromatic carbocycles. The third kappa shape index (κ3) is 5.10. The Bertz CT molecular complexity index is 246. The Morgan fingerprint density at radius 2 is 1.75 bits per heavy atom. The Labute approximate surface area is 98.3 Å². The zero-order chi connectivity index (χ0) is 12.6. The van der Waals surface area contributed by atoms with E-state index in [2.05, 4.69) is 5.10 Å². The highest BCUT2D eigenvalue weighted by atomic mass is 31.2. The van der Waals surface area contributed by atoms with E-state index in [0.29, 0.717) is 19.6 Å². The van der Waals surface area contributed by atoms with Crippen molar-refractivity contribution in [2.24, 2.45) is 5.10 Å². The highest BCUT2D eigenvalue weighted by Gasteiger charge is 2.33. The standard InChI is InChI=1S/C10H23N2O3P/c1-6-10(9-11-12(4)5)16(13,14-7-2)15-8-3/h9-10H,6-8H2,1-5H3/b11-9+. The molecule has 1 atom stereocenters. The molecule has 0 saturated carbocycles. The molecule has 0 heterocycles. The van der Waals surface area contributed by atoms with Crippen molar-refractivity contribution in [1.82, 2.24) is 5.01 Å². The van der Waals surface area contributed by atoms with E-state index in [9.17, 15) is 4.57 Å². The van der Waals surface area contributed by atoms with E-state index in [1.165, 1.54) is 0 Å². The molecule has 0 bridgehead atoms. The van der Waals surface area contributed by atoms with Crippen molar-refractivity contribution in [3.8, 4) is 0 Å². The SMILES string of the molecule is CCOP(=O)(OCC)C(/C=N/N(C)C)CC. The van der Waals surface area contributed by atoms with Gasteiger partial charge in [0.15, 0.2) is 0 Å². The van der Waals surface area contributed by atoms with Crippen LogP contribution in [0.4, 0.5) is 0 Å². The third-order valence-electron chi connectivity index (χ3n) is 1.91. The van der Waals surface area contributed by atoms with Gasteiger partial charge >= 0.3 is 7.60 Å². The summed E-state index contributed by atoms with van der Waals surface area (Å²) in [6, 6.07) is 0. The van der Waals surface area contributed by atoms with Crippen LogP contribution < -0.4 is 0 Å². The van der Waals surface area contributed by atoms with Gasteiger partial charge in [-0.15, -0.1) is 0 Å². The lowest BCUT2D eigenvalue weighted by molar-refractivity contribution is 0.216. The summed E-state index contributed by atoms with van der Waals surface area (Å²) in [7, 11) is 0.568. The second-order valence-corrected chi connectivity index (χ2v) is 5.72. The summed E-state index contributed by atoms with van der Waals surface area (Å²) in [6.45, 7) is 6.31. The predicted octanol–water partition coefficient (Wildman–Crippen LogP) is 2.58. The van der Waals surface area contributed by atoms with E-state index in [-0.39, 0.29) is 5.66 Å². The van der Waals surface area contributed by atoms with Gasteiger partial charge in [-0.1, -0.05) is 6.92 Å². The lowest BCUT2D eigenvalue weighted by atomic mass is 10.4. The number of hydrazone groups is 1. The highest BCUT2D eigenvalue weighted by Crippen LogP contribution is 2.53. The molecule has 96 valence electrons. The molecule has 0 aliphatic rings. The van der Waals surface area contributed by atoms with Crippen LogP contribution in [-0.4, -0.2) is 44.2 Å². The summed E-state index contributed by atoms with van der Waals surface area (Å²) in [5, 5.41) is 5.76. The predicted molar refractivity (Wildman–Crippen MR) is 67.1 cm³/mol. The van der Waals surface area contributed by atoms with Crippen LogP contribution in [0.15, 0.2) is 5.10 Å². The minimum Gasteiger partial charge on any atom is -0.308 e. The summed E-state index contributed by atoms with van der Waals surface area (Å²) in [4.78, 5) is 0. The van der Waals surface area contributed by atoms with E-state index >= 15 is 0 Å². The highest BCUT2D eigenvalue weighted by molar-refractivity contribution is 7.55. The van der Waals surface area contributed by atoms with Gasteiger partial charge in [0.2, 0.25) is 0 Å². The van der Waals surface area contributed by atoms with E-state index in [4.69, 9.17) is 9.05 Å². The fourth-order valence-corrected chi connectivity index (χ4v) is 3.06. The van der Waals surface area contributed by atoms with Crippen LogP contribution in [-0.2, 0) is 13.6 Å². The van der Waals surface area contributed by atoms with Crippen LogP contribution in [0.1, 0.15) is 27.2 Å². The van der Waals surface area contributed by atoms with Gasteiger partial charge in [-0.05, 0) is 20.3 Å². The lowest BCUT2D eigenvalue weighted by Crippen LogP contribution is -2.16. The molecule has 0 aliphatic carbocycles. The Morgan fingerprint density at radius 3 is 2.06 bits per heavy atom. The molecule has 0 aromatic rings. The van der Waals surface area contributed by atoms with Crippen LogP contribution in [0, 0.1) is 0 Å². The fourth-order valence-electron chi connectivity index (χ4n) is 1.21. The summed E-state index contributed by atoms with van der Waals surface area (Å²) in [5.74, 6) is 0. The molecule has 0 saturated heterocycles. The van der Waals surface area contributed by atoms with Gasteiger partial charge in [-0.25, -0.2) is 0 Å². The molecule has 0 radical (unpaired) electrons. The Hall–Kier alpha value is -0.380. The lowest BCUT2D eigenvalue weighted by Gasteiger charge is -2.22. The molecule has 5 nitrogen and oxygen atoms in total. The first-order chi connectivity index (χ1) is 7.50. The first kappa shape index (κ1) is 15.6. The first-order valence-electron chi connectivity index (χ1n) is 5.60. The normalized spacial score (nSPS) is 14.3. The molecular formula is C10H23N2O3P. The van der Waals surface area contributed by atoms with E-state index in [1.54, 1.807) is 11.2 Å². The average molecular weight is 250 g/mol. The Morgan fingerprint density at radius 1 is 1.25 bits per heavy atom. The zero-order valence-electron chi connectivity index (χ0n) is 10.8. The first-order valence-corrected chi connectivity index (χ1v) is 7.21. The third-order valence-corrected chi connectivity index (χ3v) is 4.46. The maximum atomic E-state index is 12.4. The topological polar surface area (TPSA) is 51.1 Å². The smallest absolute Gasteiger partial charge is 0.308 e.